The number of benzene rings is 3. The Kier molecular flexibility index (Phi) is 17.8. The molecule has 466 valence electrons. The first kappa shape index (κ1) is 61.8. The Labute approximate surface area is 511 Å². The number of fused-ring (bicyclic) bond motifs is 2. The van der Waals surface area contributed by atoms with Crippen molar-refractivity contribution < 1.29 is 73.2 Å². The van der Waals surface area contributed by atoms with Gasteiger partial charge in [-0.2, -0.15) is 5.10 Å². The van der Waals surface area contributed by atoms with Crippen molar-refractivity contribution >= 4 is 74.1 Å². The van der Waals surface area contributed by atoms with E-state index in [1.165, 1.54) is 23.5 Å². The number of aliphatic hydroxyl groups excluding tert-OH is 3. The van der Waals surface area contributed by atoms with Gasteiger partial charge >= 0.3 is 18.0 Å². The lowest BCUT2D eigenvalue weighted by Crippen LogP contribution is -2.64. The Hall–Kier alpha value is -7.88. The maximum absolute atomic E-state index is 13.7. The second kappa shape index (κ2) is 25.3. The number of hydrogen-bond acceptors (Lipinski definition) is 19. The topological polar surface area (TPSA) is 342 Å². The number of nitrogens with zero attached hydrogens (tertiary/aromatic N) is 5. The molecule has 4 aliphatic carbocycles. The van der Waals surface area contributed by atoms with E-state index in [1.54, 1.807) is 24.4 Å². The molecule has 3 amide bonds. The molecule has 4 bridgehead atoms. The van der Waals surface area contributed by atoms with Gasteiger partial charge in [0.25, 0.3) is 5.91 Å². The molecule has 3 aromatic carbocycles. The molecule has 3 aromatic heterocycles. The highest BCUT2D eigenvalue weighted by atomic mass is 32.1. The van der Waals surface area contributed by atoms with Crippen LogP contribution in [0, 0.1) is 23.2 Å². The third-order valence-corrected chi connectivity index (χ3v) is 18.4. The Bertz CT molecular complexity index is 3610. The first-order chi connectivity index (χ1) is 42.1. The van der Waals surface area contributed by atoms with E-state index >= 15 is 0 Å². The van der Waals surface area contributed by atoms with Gasteiger partial charge in [0.15, 0.2) is 16.9 Å². The molecule has 4 saturated carbocycles. The Balaban J connectivity index is 0.661. The molecule has 1 saturated heterocycles. The number of aromatic carboxylic acids is 1. The van der Waals surface area contributed by atoms with Gasteiger partial charge in [-0.3, -0.25) is 19.6 Å². The molecule has 25 heteroatoms. The SMILES string of the molecule is Cc1c(-c2ccc(N3CCc4cccc(C(=O)Nc5nc6ccccc6s5)c4C3)nc2C(=O)O)cnn1CC12CC3(C)CC(C)(C1)CC(OCCOCCNC(=O)OC/C=C/c1ccc(O[C@@H]4O[C@H](C(=O)O)[C@@H](O)[C@H](O)[C@H]4O)c(NC(=O)CCN)c1)(C3)C2. The number of pyridine rings is 1. The summed E-state index contributed by atoms with van der Waals surface area (Å²) in [6, 6.07) is 21.6. The summed E-state index contributed by atoms with van der Waals surface area (Å²) < 4.78 is 32.1. The van der Waals surface area contributed by atoms with Gasteiger partial charge in [0.2, 0.25) is 12.2 Å². The molecule has 12 rings (SSSR count). The van der Waals surface area contributed by atoms with Crippen LogP contribution >= 0.6 is 11.3 Å². The van der Waals surface area contributed by atoms with E-state index in [0.29, 0.717) is 72.5 Å². The monoisotopic (exact) mass is 1230 g/mol. The molecule has 5 heterocycles. The summed E-state index contributed by atoms with van der Waals surface area (Å²) in [7, 11) is 0. The van der Waals surface area contributed by atoms with Crippen LogP contribution in [0.25, 0.3) is 27.4 Å². The zero-order valence-corrected chi connectivity index (χ0v) is 49.9. The normalized spacial score (nSPS) is 26.2. The molecule has 2 aliphatic heterocycles. The van der Waals surface area contributed by atoms with Crippen LogP contribution in [0.4, 0.5) is 21.4 Å². The lowest BCUT2D eigenvalue weighted by molar-refractivity contribution is -0.271. The Morgan fingerprint density at radius 1 is 0.864 bits per heavy atom. The van der Waals surface area contributed by atoms with Gasteiger partial charge < -0.3 is 70.5 Å². The first-order valence-electron chi connectivity index (χ1n) is 29.5. The fourth-order valence-electron chi connectivity index (χ4n) is 14.9. The largest absolute Gasteiger partial charge is 0.479 e. The van der Waals surface area contributed by atoms with Gasteiger partial charge in [-0.25, -0.2) is 24.4 Å². The molecule has 88 heavy (non-hydrogen) atoms. The molecule has 0 radical (unpaired) electrons. The number of nitrogens with two attached hydrogens (primary N) is 1. The van der Waals surface area contributed by atoms with Crippen molar-refractivity contribution in [3.05, 3.63) is 119 Å². The summed E-state index contributed by atoms with van der Waals surface area (Å²) in [4.78, 5) is 74.9. The van der Waals surface area contributed by atoms with E-state index in [0.717, 1.165) is 65.6 Å². The lowest BCUT2D eigenvalue weighted by Gasteiger charge is -2.69. The van der Waals surface area contributed by atoms with Crippen molar-refractivity contribution in [1.29, 1.82) is 0 Å². The van der Waals surface area contributed by atoms with E-state index in [9.17, 15) is 49.5 Å². The number of thiazole rings is 1. The van der Waals surface area contributed by atoms with Gasteiger partial charge in [0.05, 0.1) is 47.5 Å². The van der Waals surface area contributed by atoms with Gasteiger partial charge in [-0.1, -0.05) is 61.6 Å². The standard InChI is InChI=1S/C63H73N9O15S/c1-36-41(39-14-16-47(69-49(39)55(78)79)71-21-18-38-9-6-10-40(42(38)28-71)54(77)70-58-68-43-11-4-5-12-46(43)88-58)27-66-72(36)35-62-30-60(2)29-61(3,31-62)33-63(32-60,34-62)85-25-24-83-23-20-65-59(82)84-22-7-8-37-13-15-45(44(26-37)67-48(73)17-19-64)86-57-52(76)50(74)51(75)53(87-57)56(80)81/h4-16,26-27,50-53,57,74-76H,17-25,28-35,64H2,1-3H3,(H,65,82)(H,67,73)(H,78,79)(H,80,81)(H,68,70,77)/b8-7+/t50-,51-,52+,53-,57+,60?,61?,62?,63?/m0/s1. The second-order valence-corrected chi connectivity index (χ2v) is 25.7. The minimum atomic E-state index is -1.92. The minimum absolute atomic E-state index is 0.0363. The number of amides is 3. The number of carboxylic acid groups (broad SMARTS) is 2. The molecule has 6 aliphatic rings. The van der Waals surface area contributed by atoms with Crippen LogP contribution in [-0.2, 0) is 48.0 Å². The summed E-state index contributed by atoms with van der Waals surface area (Å²) in [6.45, 7) is 9.40. The number of alkyl carbamates (subject to hydrolysis) is 1. The average Bonchev–Trinajstić information content (AvgIpc) is 0.804. The fraction of sp³-hybridized carbons (Fsp3) is 0.460. The number of rotatable bonds is 23. The van der Waals surface area contributed by atoms with Crippen LogP contribution in [0.3, 0.4) is 0 Å². The van der Waals surface area contributed by atoms with E-state index in [1.807, 2.05) is 71.1 Å². The number of aliphatic hydroxyl groups is 3. The van der Waals surface area contributed by atoms with Crippen molar-refractivity contribution in [1.82, 2.24) is 25.1 Å². The highest BCUT2D eigenvalue weighted by Crippen LogP contribution is 2.72. The number of para-hydroxylation sites is 1. The van der Waals surface area contributed by atoms with Gasteiger partial charge in [0.1, 0.15) is 36.5 Å². The molecular formula is C63H73N9O15S. The second-order valence-electron chi connectivity index (χ2n) is 24.7. The number of anilines is 3. The molecule has 6 aromatic rings. The van der Waals surface area contributed by atoms with E-state index in [4.69, 9.17) is 39.5 Å². The zero-order chi connectivity index (χ0) is 62.1. The Morgan fingerprint density at radius 2 is 1.66 bits per heavy atom. The summed E-state index contributed by atoms with van der Waals surface area (Å²) in [5.74, 6) is -2.98. The van der Waals surface area contributed by atoms with E-state index in [2.05, 4.69) is 34.8 Å². The predicted octanol–water partition coefficient (Wildman–Crippen LogP) is 6.53. The maximum Gasteiger partial charge on any atom is 0.407 e. The van der Waals surface area contributed by atoms with Gasteiger partial charge in [-0.05, 0) is 133 Å². The quantitative estimate of drug-likeness (QED) is 0.0308. The van der Waals surface area contributed by atoms with Crippen molar-refractivity contribution in [2.75, 3.05) is 61.6 Å². The summed E-state index contributed by atoms with van der Waals surface area (Å²) in [5, 5.41) is 64.6. The van der Waals surface area contributed by atoms with Gasteiger partial charge in [0, 0.05) is 61.5 Å². The average molecular weight is 1230 g/mol. The van der Waals surface area contributed by atoms with Crippen molar-refractivity contribution in [2.24, 2.45) is 22.0 Å². The fourth-order valence-corrected chi connectivity index (χ4v) is 15.8. The van der Waals surface area contributed by atoms with Crippen LogP contribution in [-0.4, -0.2) is 157 Å². The van der Waals surface area contributed by atoms with Gasteiger partial charge in [-0.15, -0.1) is 0 Å². The molecular weight excluding hydrogens is 1150 g/mol. The third-order valence-electron chi connectivity index (χ3n) is 17.4. The minimum Gasteiger partial charge on any atom is -0.479 e. The van der Waals surface area contributed by atoms with Crippen molar-refractivity contribution in [3.8, 4) is 16.9 Å². The lowest BCUT2D eigenvalue weighted by atomic mass is 9.39. The number of aliphatic carboxylic acids is 1. The summed E-state index contributed by atoms with van der Waals surface area (Å²) in [6.07, 6.45) is 1.51. The van der Waals surface area contributed by atoms with Crippen LogP contribution in [0.1, 0.15) is 102 Å². The highest BCUT2D eigenvalue weighted by molar-refractivity contribution is 7.22. The predicted molar refractivity (Wildman–Crippen MR) is 324 cm³/mol. The summed E-state index contributed by atoms with van der Waals surface area (Å²) in [5.41, 5.74) is 11.1. The number of carbonyl (C=O) groups excluding carboxylic acids is 3. The third kappa shape index (κ3) is 13.3. The van der Waals surface area contributed by atoms with E-state index < -0.39 is 54.6 Å². The molecule has 24 nitrogen and oxygen atoms in total. The smallest absolute Gasteiger partial charge is 0.407 e. The van der Waals surface area contributed by atoms with Crippen molar-refractivity contribution in [3.63, 3.8) is 0 Å². The van der Waals surface area contributed by atoms with Crippen molar-refractivity contribution in [2.45, 2.75) is 122 Å². The number of nitrogens with one attached hydrogen (secondary N) is 3. The van der Waals surface area contributed by atoms with Crippen LogP contribution in [0.5, 0.6) is 5.75 Å². The first-order valence-corrected chi connectivity index (χ1v) is 30.3. The molecule has 0 spiro atoms. The van der Waals surface area contributed by atoms with Crippen LogP contribution < -0.4 is 31.3 Å². The molecule has 7 atom stereocenters. The Morgan fingerprint density at radius 3 is 2.42 bits per heavy atom. The van der Waals surface area contributed by atoms with Crippen LogP contribution in [0.2, 0.25) is 0 Å². The van der Waals surface area contributed by atoms with E-state index in [-0.39, 0.29) is 77.6 Å². The molecule has 5 fully saturated rings. The molecule has 10 N–H and O–H groups in total. The number of aromatic nitrogens is 4. The highest BCUT2D eigenvalue weighted by Gasteiger charge is 2.66. The number of ether oxygens (including phenoxy) is 5. The summed E-state index contributed by atoms with van der Waals surface area (Å²) >= 11 is 1.42. The number of carboxylic acids is 2. The number of hydrogen-bond donors (Lipinski definition) is 9. The zero-order valence-electron chi connectivity index (χ0n) is 49.1. The maximum atomic E-state index is 13.7. The number of carbonyl (C=O) groups is 5. The van der Waals surface area contributed by atoms with Crippen LogP contribution in [0.15, 0.2) is 85.1 Å². The molecule has 2 unspecified atom stereocenters.